The summed E-state index contributed by atoms with van der Waals surface area (Å²) in [6.07, 6.45) is -0.0589. The van der Waals surface area contributed by atoms with E-state index in [1.807, 2.05) is 112 Å². The Morgan fingerprint density at radius 3 is 2.38 bits per heavy atom. The largest absolute Gasteiger partial charge is 0.503 e. The van der Waals surface area contributed by atoms with E-state index >= 15 is 0 Å². The van der Waals surface area contributed by atoms with Crippen molar-refractivity contribution < 1.29 is 19.4 Å². The van der Waals surface area contributed by atoms with Gasteiger partial charge >= 0.3 is 0 Å². The molecular weight excluding hydrogens is 522 g/mol. The molecule has 4 aromatic rings. The van der Waals surface area contributed by atoms with Gasteiger partial charge in [-0.3, -0.25) is 14.5 Å². The highest BCUT2D eigenvalue weighted by atomic mass is 32.1. The molecule has 8 heteroatoms. The number of benzene rings is 3. The summed E-state index contributed by atoms with van der Waals surface area (Å²) in [6.45, 7) is 5.64. The van der Waals surface area contributed by atoms with Crippen molar-refractivity contribution in [2.45, 2.75) is 32.9 Å². The topological polar surface area (TPSA) is 83.0 Å². The monoisotopic (exact) mass is 553 g/mol. The summed E-state index contributed by atoms with van der Waals surface area (Å²) < 4.78 is 5.92. The van der Waals surface area contributed by atoms with Gasteiger partial charge in [0.15, 0.2) is 5.76 Å². The zero-order valence-corrected chi connectivity index (χ0v) is 23.9. The van der Waals surface area contributed by atoms with Crippen LogP contribution >= 0.6 is 11.3 Å². The van der Waals surface area contributed by atoms with Crippen LogP contribution in [0.5, 0.6) is 5.75 Å². The third-order valence-corrected chi connectivity index (χ3v) is 7.87. The van der Waals surface area contributed by atoms with Gasteiger partial charge < -0.3 is 14.7 Å². The van der Waals surface area contributed by atoms with Crippen LogP contribution in [0.4, 0.5) is 11.4 Å². The highest BCUT2D eigenvalue weighted by molar-refractivity contribution is 7.17. The van der Waals surface area contributed by atoms with Crippen LogP contribution in [0.25, 0.3) is 10.6 Å². The lowest BCUT2D eigenvalue weighted by atomic mass is 9.94. The van der Waals surface area contributed by atoms with Gasteiger partial charge in [-0.25, -0.2) is 4.98 Å². The van der Waals surface area contributed by atoms with Crippen molar-refractivity contribution in [3.8, 4) is 16.3 Å². The van der Waals surface area contributed by atoms with Crippen molar-refractivity contribution in [2.75, 3.05) is 23.9 Å². The van der Waals surface area contributed by atoms with Crippen molar-refractivity contribution in [1.82, 2.24) is 4.98 Å². The first-order valence-electron chi connectivity index (χ1n) is 13.0. The normalized spacial score (nSPS) is 15.2. The van der Waals surface area contributed by atoms with Crippen molar-refractivity contribution in [1.29, 1.82) is 0 Å². The number of aliphatic hydroxyl groups excluding tert-OH is 1. The van der Waals surface area contributed by atoms with Gasteiger partial charge in [-0.05, 0) is 62.7 Å². The van der Waals surface area contributed by atoms with Gasteiger partial charge in [-0.2, -0.15) is 0 Å². The maximum Gasteiger partial charge on any atom is 0.294 e. The molecule has 3 aromatic carbocycles. The first-order valence-corrected chi connectivity index (χ1v) is 13.9. The molecule has 0 radical (unpaired) electrons. The molecule has 0 fully saturated rings. The number of hydrogen-bond acceptors (Lipinski definition) is 7. The van der Waals surface area contributed by atoms with E-state index in [1.54, 1.807) is 6.92 Å². The average Bonchev–Trinajstić information content (AvgIpc) is 3.45. The summed E-state index contributed by atoms with van der Waals surface area (Å²) in [4.78, 5) is 36.3. The predicted octanol–water partition coefficient (Wildman–Crippen LogP) is 6.75. The predicted molar refractivity (Wildman–Crippen MR) is 159 cm³/mol. The van der Waals surface area contributed by atoms with Crippen LogP contribution in [0.15, 0.2) is 90.2 Å². The highest BCUT2D eigenvalue weighted by Gasteiger charge is 2.45. The molecule has 0 saturated heterocycles. The maximum absolute atomic E-state index is 14.2. The second-order valence-corrected chi connectivity index (χ2v) is 11.1. The summed E-state index contributed by atoms with van der Waals surface area (Å²) in [5.41, 5.74) is 3.65. The Morgan fingerprint density at radius 1 is 1.02 bits per heavy atom. The Labute approximate surface area is 238 Å². The molecule has 1 aliphatic rings. The number of anilines is 2. The van der Waals surface area contributed by atoms with Crippen LogP contribution in [0.2, 0.25) is 0 Å². The number of carbonyl (C=O) groups excluding carboxylic acids is 2. The molecule has 0 saturated carbocycles. The fourth-order valence-electron chi connectivity index (χ4n) is 4.79. The van der Waals surface area contributed by atoms with Crippen LogP contribution in [0.3, 0.4) is 0 Å². The lowest BCUT2D eigenvalue weighted by molar-refractivity contribution is -0.117. The van der Waals surface area contributed by atoms with Crippen molar-refractivity contribution in [3.63, 3.8) is 0 Å². The van der Waals surface area contributed by atoms with Crippen LogP contribution < -0.4 is 14.5 Å². The van der Waals surface area contributed by atoms with Crippen LogP contribution in [0.1, 0.15) is 40.8 Å². The minimum absolute atomic E-state index is 0.0229. The summed E-state index contributed by atoms with van der Waals surface area (Å²) in [5.74, 6) is -1.00. The van der Waals surface area contributed by atoms with Crippen molar-refractivity contribution >= 4 is 34.4 Å². The van der Waals surface area contributed by atoms with E-state index < -0.39 is 23.5 Å². The minimum atomic E-state index is -0.859. The number of thiazole rings is 1. The summed E-state index contributed by atoms with van der Waals surface area (Å²) in [7, 11) is 3.87. The Balaban J connectivity index is 1.62. The van der Waals surface area contributed by atoms with E-state index in [0.717, 1.165) is 11.3 Å². The number of ketones is 1. The van der Waals surface area contributed by atoms with Crippen LogP contribution in [0, 0.1) is 6.92 Å². The summed E-state index contributed by atoms with van der Waals surface area (Å²) >= 11 is 1.26. The zero-order chi connectivity index (χ0) is 28.6. The fraction of sp³-hybridized carbons (Fsp3) is 0.219. The van der Waals surface area contributed by atoms with Crippen molar-refractivity contribution in [3.05, 3.63) is 106 Å². The number of nitrogens with zero attached hydrogens (tertiary/aromatic N) is 3. The zero-order valence-electron chi connectivity index (χ0n) is 23.1. The number of carbonyl (C=O) groups is 2. The van der Waals surface area contributed by atoms with Gasteiger partial charge in [0, 0.05) is 31.0 Å². The van der Waals surface area contributed by atoms with E-state index in [9.17, 15) is 14.7 Å². The summed E-state index contributed by atoms with van der Waals surface area (Å²) in [6, 6.07) is 23.5. The maximum atomic E-state index is 14.2. The molecule has 1 unspecified atom stereocenters. The van der Waals surface area contributed by atoms with E-state index in [2.05, 4.69) is 4.98 Å². The van der Waals surface area contributed by atoms with Crippen LogP contribution in [-0.4, -0.2) is 42.0 Å². The molecule has 0 spiro atoms. The first kappa shape index (κ1) is 27.1. The Hall–Kier alpha value is -4.43. The van der Waals surface area contributed by atoms with Gasteiger partial charge in [0.1, 0.15) is 10.8 Å². The van der Waals surface area contributed by atoms with E-state index in [4.69, 9.17) is 4.74 Å². The number of aliphatic hydroxyl groups is 1. The highest BCUT2D eigenvalue weighted by Crippen LogP contribution is 2.44. The quantitative estimate of drug-likeness (QED) is 0.243. The lowest BCUT2D eigenvalue weighted by Gasteiger charge is -2.28. The number of aryl methyl sites for hydroxylation is 1. The molecule has 7 nitrogen and oxygen atoms in total. The smallest absolute Gasteiger partial charge is 0.294 e. The third-order valence-electron chi connectivity index (χ3n) is 6.67. The SMILES string of the molecule is Cc1nc(-c2ccccc2)sc1C(=O)C1=C(O)C(=O)N(c2ccc(N(C)C)cc2)C1c1cccc(OC(C)C)c1. The Morgan fingerprint density at radius 2 is 1.73 bits per heavy atom. The molecule has 0 aliphatic carbocycles. The second kappa shape index (κ2) is 11.0. The van der Waals surface area contributed by atoms with Gasteiger partial charge in [0.25, 0.3) is 5.91 Å². The standard InChI is InChI=1S/C32H31N3O4S/c1-19(2)39-25-13-9-12-22(18-25)27-26(28(36)30-20(3)33-31(40-30)21-10-7-6-8-11-21)29(37)32(38)35(27)24-16-14-23(15-17-24)34(4)5/h6-19,27,37H,1-5H3. The van der Waals surface area contributed by atoms with Crippen molar-refractivity contribution in [2.24, 2.45) is 0 Å². The number of hydrogen-bond donors (Lipinski definition) is 1. The fourth-order valence-corrected chi connectivity index (χ4v) is 5.82. The number of aromatic nitrogens is 1. The van der Waals surface area contributed by atoms with E-state index in [-0.39, 0.29) is 11.7 Å². The number of rotatable bonds is 8. The van der Waals surface area contributed by atoms with E-state index in [1.165, 1.54) is 16.2 Å². The molecule has 1 amide bonds. The second-order valence-electron chi connectivity index (χ2n) is 10.1. The first-order chi connectivity index (χ1) is 19.2. The van der Waals surface area contributed by atoms with Gasteiger partial charge in [-0.1, -0.05) is 42.5 Å². The van der Waals surface area contributed by atoms with Gasteiger partial charge in [0.2, 0.25) is 5.78 Å². The number of ether oxygens (including phenoxy) is 1. The molecule has 40 heavy (non-hydrogen) atoms. The Bertz CT molecular complexity index is 1590. The third kappa shape index (κ3) is 5.10. The molecular formula is C32H31N3O4S. The van der Waals surface area contributed by atoms with Crippen LogP contribution in [-0.2, 0) is 4.79 Å². The molecule has 0 bridgehead atoms. The van der Waals surface area contributed by atoms with E-state index in [0.29, 0.717) is 32.6 Å². The molecule has 5 rings (SSSR count). The molecule has 2 heterocycles. The number of amides is 1. The number of Topliss-reactive ketones (excluding diaryl/α,β-unsaturated/α-hetero) is 1. The Kier molecular flexibility index (Phi) is 7.45. The minimum Gasteiger partial charge on any atom is -0.503 e. The molecule has 204 valence electrons. The lowest BCUT2D eigenvalue weighted by Crippen LogP contribution is -2.31. The van der Waals surface area contributed by atoms with Gasteiger partial charge in [-0.15, -0.1) is 11.3 Å². The molecule has 1 aliphatic heterocycles. The molecule has 1 aromatic heterocycles. The average molecular weight is 554 g/mol. The van der Waals surface area contributed by atoms with Gasteiger partial charge in [0.05, 0.1) is 28.3 Å². The molecule has 1 atom stereocenters. The summed E-state index contributed by atoms with van der Waals surface area (Å²) in [5, 5.41) is 11.9. The molecule has 1 N–H and O–H groups in total.